The molecular weight excluding hydrogens is 460 g/mol. The molecule has 5 rings (SSSR count). The quantitative estimate of drug-likeness (QED) is 0.410. The van der Waals surface area contributed by atoms with Crippen LogP contribution in [0, 0.1) is 0 Å². The second-order valence-corrected chi connectivity index (χ2v) is 9.58. The Morgan fingerprint density at radius 1 is 1.00 bits per heavy atom. The van der Waals surface area contributed by atoms with Crippen molar-refractivity contribution in [2.75, 3.05) is 19.8 Å². The number of carbonyl (C=O) groups is 4. The summed E-state index contributed by atoms with van der Waals surface area (Å²) in [5.41, 5.74) is 3.27. The number of hydrogen-bond acceptors (Lipinski definition) is 6. The molecule has 0 N–H and O–H groups in total. The van der Waals surface area contributed by atoms with Gasteiger partial charge in [0.1, 0.15) is 32.9 Å². The Hall–Kier alpha value is -3.59. The first kappa shape index (κ1) is 24.1. The number of ether oxygens (including phenoxy) is 2. The largest absolute Gasteiger partial charge is 0.489 e. The fraction of sp³-hybridized carbons (Fsp3) is 0.360. The Morgan fingerprint density at radius 2 is 1.75 bits per heavy atom. The molecule has 2 unspecified atom stereocenters. The van der Waals surface area contributed by atoms with Crippen molar-refractivity contribution in [2.24, 2.45) is 0 Å². The molecule has 4 amide bonds. The molecule has 11 heteroatoms. The highest BCUT2D eigenvalue weighted by atomic mass is 16.5. The first-order valence-electron chi connectivity index (χ1n) is 12.1. The number of amides is 4. The smallest absolute Gasteiger partial charge is 0.255 e. The van der Waals surface area contributed by atoms with E-state index in [-0.39, 0.29) is 42.6 Å². The van der Waals surface area contributed by atoms with Crippen LogP contribution in [0.4, 0.5) is 0 Å². The summed E-state index contributed by atoms with van der Waals surface area (Å²) in [5.74, 6) is -0.502. The van der Waals surface area contributed by atoms with Gasteiger partial charge in [-0.3, -0.25) is 19.2 Å². The van der Waals surface area contributed by atoms with Gasteiger partial charge in [-0.15, -0.1) is 0 Å². The Bertz CT molecular complexity index is 1220. The zero-order valence-corrected chi connectivity index (χ0v) is 20.4. The predicted molar refractivity (Wildman–Crippen MR) is 134 cm³/mol. The van der Waals surface area contributed by atoms with Gasteiger partial charge < -0.3 is 24.1 Å². The van der Waals surface area contributed by atoms with E-state index in [2.05, 4.69) is 0 Å². The predicted octanol–water partition coefficient (Wildman–Crippen LogP) is -0.323. The average Bonchev–Trinajstić information content (AvgIpc) is 3.22. The maximum Gasteiger partial charge on any atom is 0.255 e. The highest BCUT2D eigenvalue weighted by Crippen LogP contribution is 2.35. The molecule has 9 nitrogen and oxygen atoms in total. The van der Waals surface area contributed by atoms with E-state index in [1.165, 1.54) is 7.98 Å². The summed E-state index contributed by atoms with van der Waals surface area (Å²) in [5, 5.41) is 0. The number of piperidine rings is 1. The Balaban J connectivity index is 1.25. The summed E-state index contributed by atoms with van der Waals surface area (Å²) in [6.45, 7) is 2.42. The van der Waals surface area contributed by atoms with Crippen molar-refractivity contribution >= 4 is 39.5 Å². The highest BCUT2D eigenvalue weighted by Gasteiger charge is 2.44. The van der Waals surface area contributed by atoms with Crippen LogP contribution in [0.1, 0.15) is 33.5 Å². The van der Waals surface area contributed by atoms with Crippen LogP contribution < -0.4 is 4.74 Å². The normalized spacial score (nSPS) is 22.3. The average molecular weight is 487 g/mol. The lowest BCUT2D eigenvalue weighted by atomic mass is 9.76. The third kappa shape index (κ3) is 4.51. The Labute approximate surface area is 211 Å². The molecule has 3 aliphatic rings. The van der Waals surface area contributed by atoms with Crippen molar-refractivity contribution in [3.63, 3.8) is 0 Å². The molecular formula is C25H27B2N3O6. The molecule has 2 fully saturated rings. The van der Waals surface area contributed by atoms with Crippen LogP contribution in [0.2, 0.25) is 5.82 Å². The number of rotatable bonds is 6. The van der Waals surface area contributed by atoms with Gasteiger partial charge in [-0.25, -0.2) is 0 Å². The minimum Gasteiger partial charge on any atom is -0.489 e. The molecule has 2 atom stereocenters. The van der Waals surface area contributed by atoms with Crippen LogP contribution in [0.3, 0.4) is 0 Å². The number of hydrogen-bond donors (Lipinski definition) is 0. The van der Waals surface area contributed by atoms with Gasteiger partial charge >= 0.3 is 0 Å². The van der Waals surface area contributed by atoms with Crippen molar-refractivity contribution in [1.82, 2.24) is 14.6 Å². The monoisotopic (exact) mass is 487 g/mol. The van der Waals surface area contributed by atoms with Crippen molar-refractivity contribution in [3.05, 3.63) is 64.7 Å². The number of fused-ring (bicyclic) bond motifs is 1. The summed E-state index contributed by atoms with van der Waals surface area (Å²) >= 11 is 0. The molecule has 0 aromatic heterocycles. The van der Waals surface area contributed by atoms with Crippen LogP contribution in [0.15, 0.2) is 42.5 Å². The van der Waals surface area contributed by atoms with E-state index in [4.69, 9.17) is 9.47 Å². The zero-order chi connectivity index (χ0) is 25.4. The lowest BCUT2D eigenvalue weighted by Gasteiger charge is -2.37. The van der Waals surface area contributed by atoms with Gasteiger partial charge in [-0.1, -0.05) is 30.3 Å². The summed E-state index contributed by atoms with van der Waals surface area (Å²) in [6, 6.07) is 12.6. The zero-order valence-electron chi connectivity index (χ0n) is 20.4. The molecule has 2 aromatic rings. The summed E-state index contributed by atoms with van der Waals surface area (Å²) in [7, 11) is 3.25. The second-order valence-electron chi connectivity index (χ2n) is 9.58. The van der Waals surface area contributed by atoms with E-state index in [1.54, 1.807) is 29.8 Å². The Morgan fingerprint density at radius 3 is 2.50 bits per heavy atom. The molecule has 0 radical (unpaired) electrons. The molecule has 36 heavy (non-hydrogen) atoms. The second kappa shape index (κ2) is 9.81. The molecule has 0 bridgehead atoms. The highest BCUT2D eigenvalue weighted by molar-refractivity contribution is 6.35. The molecule has 2 saturated heterocycles. The lowest BCUT2D eigenvalue weighted by Crippen LogP contribution is -2.55. The number of carbonyl (C=O) groups excluding carboxylic acids is 4. The summed E-state index contributed by atoms with van der Waals surface area (Å²) in [6.07, 6.45) is 0.320. The van der Waals surface area contributed by atoms with E-state index in [0.29, 0.717) is 44.0 Å². The summed E-state index contributed by atoms with van der Waals surface area (Å²) in [4.78, 5) is 54.5. The first-order valence-corrected chi connectivity index (χ1v) is 12.1. The third-order valence-electron chi connectivity index (χ3n) is 7.15. The van der Waals surface area contributed by atoms with Crippen LogP contribution in [-0.2, 0) is 38.8 Å². The van der Waals surface area contributed by atoms with Gasteiger partial charge in [0.25, 0.3) is 5.91 Å². The van der Waals surface area contributed by atoms with Gasteiger partial charge in [0.05, 0.1) is 13.2 Å². The van der Waals surface area contributed by atoms with Crippen molar-refractivity contribution in [1.29, 1.82) is 0 Å². The minimum atomic E-state index is -0.665. The fourth-order valence-corrected chi connectivity index (χ4v) is 5.01. The van der Waals surface area contributed by atoms with E-state index < -0.39 is 6.04 Å². The molecule has 184 valence electrons. The molecule has 0 spiro atoms. The molecule has 3 aliphatic heterocycles. The van der Waals surface area contributed by atoms with Crippen LogP contribution in [-0.4, -0.2) is 79.9 Å². The molecule has 2 aromatic carbocycles. The Kier molecular flexibility index (Phi) is 6.57. The van der Waals surface area contributed by atoms with E-state index >= 15 is 0 Å². The van der Waals surface area contributed by atoms with Crippen LogP contribution >= 0.6 is 0 Å². The maximum absolute atomic E-state index is 13.2. The van der Waals surface area contributed by atoms with E-state index in [0.717, 1.165) is 21.5 Å². The topological polar surface area (TPSA) is 96.5 Å². The lowest BCUT2D eigenvalue weighted by molar-refractivity contribution is -0.146. The number of morpholine rings is 1. The van der Waals surface area contributed by atoms with Crippen molar-refractivity contribution in [2.45, 2.75) is 38.0 Å². The minimum absolute atomic E-state index is 0.00203. The molecule has 0 saturated carbocycles. The molecule has 0 aliphatic carbocycles. The number of imide groups is 1. The van der Waals surface area contributed by atoms with Gasteiger partial charge in [0.15, 0.2) is 0 Å². The maximum atomic E-state index is 13.2. The van der Waals surface area contributed by atoms with Crippen molar-refractivity contribution < 1.29 is 28.7 Å². The number of benzene rings is 2. The summed E-state index contributed by atoms with van der Waals surface area (Å²) < 4.78 is 11.3. The van der Waals surface area contributed by atoms with Crippen molar-refractivity contribution in [3.8, 4) is 5.75 Å². The SMILES string of the molecule is BC1CC(N2Cc3c(OCc4ccc(CN5CCOCC5=O)cc4)cccc3C2=O)C(=O)N(B)C1=O. The standard InChI is InChI=1S/C25H27B2N3O6/c26-19-10-20(25(34)30(27)24(19)33)29-12-18-17(23(29)32)2-1-3-21(18)36-13-16-6-4-15(5-7-16)11-28-8-9-35-14-22(28)31/h1-7,19-20H,8-14,26-27H2. The van der Waals surface area contributed by atoms with Gasteiger partial charge in [-0.05, 0) is 29.7 Å². The first-order chi connectivity index (χ1) is 17.3. The van der Waals surface area contributed by atoms with Gasteiger partial charge in [-0.2, -0.15) is 0 Å². The number of nitrogens with zero attached hydrogens (tertiary/aromatic N) is 3. The van der Waals surface area contributed by atoms with Gasteiger partial charge in [0.2, 0.25) is 25.7 Å². The molecule has 3 heterocycles. The van der Waals surface area contributed by atoms with E-state index in [1.807, 2.05) is 30.3 Å². The fourth-order valence-electron chi connectivity index (χ4n) is 5.01. The van der Waals surface area contributed by atoms with Gasteiger partial charge in [0, 0.05) is 30.0 Å². The van der Waals surface area contributed by atoms with Crippen LogP contribution in [0.5, 0.6) is 5.75 Å². The van der Waals surface area contributed by atoms with Crippen LogP contribution in [0.25, 0.3) is 0 Å². The van der Waals surface area contributed by atoms with E-state index in [9.17, 15) is 19.2 Å². The third-order valence-corrected chi connectivity index (χ3v) is 7.15.